The normalized spacial score (nSPS) is 14.7. The molecule has 10 nitrogen and oxygen atoms in total. The first-order valence-electron chi connectivity index (χ1n) is 9.78. The molecule has 32 heavy (non-hydrogen) atoms. The van der Waals surface area contributed by atoms with Crippen LogP contribution in [0.2, 0.25) is 5.02 Å². The van der Waals surface area contributed by atoms with Gasteiger partial charge in [-0.05, 0) is 37.1 Å². The van der Waals surface area contributed by atoms with E-state index in [1.165, 1.54) is 53.4 Å². The largest absolute Gasteiger partial charge is 0.332 e. The first-order chi connectivity index (χ1) is 15.1. The second kappa shape index (κ2) is 8.15. The van der Waals surface area contributed by atoms with Crippen LogP contribution < -0.4 is 16.6 Å². The molecule has 3 heterocycles. The molecule has 2 aromatic heterocycles. The summed E-state index contributed by atoms with van der Waals surface area (Å²) in [6.07, 6.45) is 2.89. The van der Waals surface area contributed by atoms with Gasteiger partial charge in [-0.25, -0.2) is 18.2 Å². The topological polar surface area (TPSA) is 123 Å². The second-order valence-electron chi connectivity index (χ2n) is 7.51. The molecule has 0 saturated carbocycles. The van der Waals surface area contributed by atoms with E-state index in [9.17, 15) is 22.8 Å². The Labute approximate surface area is 188 Å². The molecule has 3 aromatic rings. The van der Waals surface area contributed by atoms with Crippen molar-refractivity contribution >= 4 is 44.3 Å². The third-order valence-corrected chi connectivity index (χ3v) is 7.66. The van der Waals surface area contributed by atoms with Gasteiger partial charge in [0.1, 0.15) is 5.65 Å². The molecule has 1 aromatic carbocycles. The number of benzene rings is 1. The molecule has 0 bridgehead atoms. The number of carbonyl (C=O) groups excluding carboxylic acids is 1. The molecular weight excluding hydrogens is 458 g/mol. The minimum Gasteiger partial charge on any atom is -0.321 e. The summed E-state index contributed by atoms with van der Waals surface area (Å²) in [6, 6.07) is 5.38. The molecule has 1 fully saturated rings. The van der Waals surface area contributed by atoms with Gasteiger partial charge in [-0.3, -0.25) is 18.7 Å². The van der Waals surface area contributed by atoms with Crippen molar-refractivity contribution in [3.63, 3.8) is 0 Å². The molecule has 168 valence electrons. The van der Waals surface area contributed by atoms with E-state index in [2.05, 4.69) is 10.3 Å². The molecule has 0 unspecified atom stereocenters. The number of carbonyl (C=O) groups is 1. The van der Waals surface area contributed by atoms with Crippen LogP contribution in [-0.4, -0.2) is 45.8 Å². The van der Waals surface area contributed by atoms with Crippen LogP contribution in [0.1, 0.15) is 23.2 Å². The molecule has 1 aliphatic heterocycles. The van der Waals surface area contributed by atoms with Crippen LogP contribution in [-0.2, 0) is 24.1 Å². The van der Waals surface area contributed by atoms with E-state index < -0.39 is 27.2 Å². The zero-order valence-corrected chi connectivity index (χ0v) is 18.9. The summed E-state index contributed by atoms with van der Waals surface area (Å²) in [6.45, 7) is 0.874. The third-order valence-electron chi connectivity index (χ3n) is 5.44. The zero-order valence-electron chi connectivity index (χ0n) is 17.3. The van der Waals surface area contributed by atoms with Gasteiger partial charge < -0.3 is 5.32 Å². The van der Waals surface area contributed by atoms with Gasteiger partial charge >= 0.3 is 5.69 Å². The van der Waals surface area contributed by atoms with E-state index in [1.54, 1.807) is 0 Å². The van der Waals surface area contributed by atoms with Gasteiger partial charge in [-0.1, -0.05) is 11.6 Å². The highest BCUT2D eigenvalue weighted by atomic mass is 35.5. The number of halogens is 1. The first kappa shape index (κ1) is 22.2. The van der Waals surface area contributed by atoms with E-state index in [-0.39, 0.29) is 32.2 Å². The van der Waals surface area contributed by atoms with Crippen molar-refractivity contribution in [2.24, 2.45) is 14.1 Å². The number of amides is 1. The summed E-state index contributed by atoms with van der Waals surface area (Å²) >= 11 is 6.17. The van der Waals surface area contributed by atoms with E-state index in [1.807, 2.05) is 0 Å². The minimum atomic E-state index is -3.73. The highest BCUT2D eigenvalue weighted by Crippen LogP contribution is 2.26. The van der Waals surface area contributed by atoms with Crippen LogP contribution in [0.3, 0.4) is 0 Å². The summed E-state index contributed by atoms with van der Waals surface area (Å²) in [5.74, 6) is -0.656. The van der Waals surface area contributed by atoms with Gasteiger partial charge in [0.05, 0.1) is 32.8 Å². The fraction of sp³-hybridized carbons (Fsp3) is 0.300. The van der Waals surface area contributed by atoms with Gasteiger partial charge in [0.25, 0.3) is 11.5 Å². The molecule has 0 aliphatic carbocycles. The van der Waals surface area contributed by atoms with Gasteiger partial charge in [0.2, 0.25) is 10.0 Å². The maximum atomic E-state index is 12.9. The van der Waals surface area contributed by atoms with Crippen molar-refractivity contribution in [2.75, 3.05) is 18.4 Å². The van der Waals surface area contributed by atoms with Crippen molar-refractivity contribution in [2.45, 2.75) is 17.7 Å². The Morgan fingerprint density at radius 1 is 1.09 bits per heavy atom. The monoisotopic (exact) mass is 477 g/mol. The van der Waals surface area contributed by atoms with Crippen LogP contribution in [0.15, 0.2) is 44.9 Å². The average molecular weight is 478 g/mol. The summed E-state index contributed by atoms with van der Waals surface area (Å²) in [4.78, 5) is 41.5. The van der Waals surface area contributed by atoms with E-state index >= 15 is 0 Å². The Bertz CT molecular complexity index is 1470. The predicted molar refractivity (Wildman–Crippen MR) is 120 cm³/mol. The maximum absolute atomic E-state index is 12.9. The lowest BCUT2D eigenvalue weighted by atomic mass is 10.2. The van der Waals surface area contributed by atoms with Crippen LogP contribution in [0.5, 0.6) is 0 Å². The summed E-state index contributed by atoms with van der Waals surface area (Å²) < 4.78 is 29.2. The molecule has 1 amide bonds. The van der Waals surface area contributed by atoms with Crippen LogP contribution >= 0.6 is 11.6 Å². The number of rotatable bonds is 4. The number of anilines is 1. The van der Waals surface area contributed by atoms with Crippen LogP contribution in [0.4, 0.5) is 5.69 Å². The third kappa shape index (κ3) is 3.72. The average Bonchev–Trinajstić information content (AvgIpc) is 3.32. The van der Waals surface area contributed by atoms with Gasteiger partial charge in [-0.15, -0.1) is 0 Å². The van der Waals surface area contributed by atoms with Crippen molar-refractivity contribution in [1.29, 1.82) is 0 Å². The van der Waals surface area contributed by atoms with Crippen molar-refractivity contribution in [3.05, 3.63) is 61.9 Å². The Kier molecular flexibility index (Phi) is 5.65. The van der Waals surface area contributed by atoms with E-state index in [0.29, 0.717) is 13.1 Å². The Morgan fingerprint density at radius 3 is 2.47 bits per heavy atom. The quantitative estimate of drug-likeness (QED) is 0.604. The molecule has 1 N–H and O–H groups in total. The molecule has 0 spiro atoms. The van der Waals surface area contributed by atoms with Crippen LogP contribution in [0, 0.1) is 0 Å². The van der Waals surface area contributed by atoms with Crippen LogP contribution in [0.25, 0.3) is 11.0 Å². The van der Waals surface area contributed by atoms with Gasteiger partial charge in [-0.2, -0.15) is 4.31 Å². The molecule has 1 aliphatic rings. The highest BCUT2D eigenvalue weighted by molar-refractivity contribution is 7.89. The number of aryl methyl sites for hydroxylation is 1. The highest BCUT2D eigenvalue weighted by Gasteiger charge is 2.28. The zero-order chi connectivity index (χ0) is 23.2. The number of sulfonamides is 1. The number of hydrogen-bond donors (Lipinski definition) is 1. The van der Waals surface area contributed by atoms with E-state index in [4.69, 9.17) is 11.6 Å². The number of pyridine rings is 1. The summed E-state index contributed by atoms with van der Waals surface area (Å²) in [5.41, 5.74) is -0.728. The minimum absolute atomic E-state index is 0.0190. The van der Waals surface area contributed by atoms with Crippen molar-refractivity contribution < 1.29 is 13.2 Å². The fourth-order valence-corrected chi connectivity index (χ4v) is 5.40. The lowest BCUT2D eigenvalue weighted by molar-refractivity contribution is 0.102. The fourth-order valence-electron chi connectivity index (χ4n) is 3.65. The summed E-state index contributed by atoms with van der Waals surface area (Å²) in [7, 11) is -0.890. The Balaban J connectivity index is 1.69. The molecule has 4 rings (SSSR count). The smallest absolute Gasteiger partial charge is 0.321 e. The van der Waals surface area contributed by atoms with E-state index in [0.717, 1.165) is 17.4 Å². The Hall–Kier alpha value is -3.02. The molecular formula is C20H20ClN5O5S. The molecule has 0 radical (unpaired) electrons. The van der Waals surface area contributed by atoms with Gasteiger partial charge in [0.15, 0.2) is 0 Å². The predicted octanol–water partition coefficient (Wildman–Crippen LogP) is 1.32. The number of aromatic nitrogens is 3. The maximum Gasteiger partial charge on any atom is 0.332 e. The SMILES string of the molecule is Cn1c(=O)c2cc(NC(=O)c3cc(S(=O)(=O)N4CCCC4)ccc3Cl)cnc2n(C)c1=O. The number of nitrogens with zero attached hydrogens (tertiary/aromatic N) is 4. The number of fused-ring (bicyclic) bond motifs is 1. The van der Waals surface area contributed by atoms with Crippen molar-refractivity contribution in [1.82, 2.24) is 18.4 Å². The lowest BCUT2D eigenvalue weighted by Gasteiger charge is -2.16. The summed E-state index contributed by atoms with van der Waals surface area (Å²) in [5, 5.41) is 2.81. The lowest BCUT2D eigenvalue weighted by Crippen LogP contribution is -2.37. The Morgan fingerprint density at radius 2 is 1.78 bits per heavy atom. The number of nitrogens with one attached hydrogen (secondary N) is 1. The standard InChI is InChI=1S/C20H20ClN5O5S/c1-24-17-15(19(28)25(2)20(24)29)9-12(11-22-17)23-18(27)14-10-13(5-6-16(14)21)32(30,31)26-7-3-4-8-26/h5-6,9-11H,3-4,7-8H2,1-2H3,(H,23,27). The number of hydrogen-bond acceptors (Lipinski definition) is 6. The molecule has 1 saturated heterocycles. The van der Waals surface area contributed by atoms with Crippen molar-refractivity contribution in [3.8, 4) is 0 Å². The second-order valence-corrected chi connectivity index (χ2v) is 9.85. The molecule has 0 atom stereocenters. The first-order valence-corrected chi connectivity index (χ1v) is 11.6. The molecule has 12 heteroatoms. The van der Waals surface area contributed by atoms with Gasteiger partial charge in [0, 0.05) is 27.2 Å².